The molecular weight excluding hydrogens is 537 g/mol. The molecule has 33 heavy (non-hydrogen) atoms. The van der Waals surface area contributed by atoms with Crippen LogP contribution in [0.15, 0.2) is 29.3 Å². The highest BCUT2D eigenvalue weighted by atomic mass is 127. The number of methoxy groups -OCH3 is 5. The van der Waals surface area contributed by atoms with Crippen LogP contribution in [0.5, 0.6) is 28.7 Å². The zero-order valence-electron chi connectivity index (χ0n) is 20.2. The summed E-state index contributed by atoms with van der Waals surface area (Å²) >= 11 is 0. The van der Waals surface area contributed by atoms with Gasteiger partial charge in [-0.25, -0.2) is 4.99 Å². The highest BCUT2D eigenvalue weighted by Gasteiger charge is 2.22. The second kappa shape index (κ2) is 12.6. The smallest absolute Gasteiger partial charge is 0.203 e. The quantitative estimate of drug-likeness (QED) is 0.293. The Morgan fingerprint density at radius 3 is 1.94 bits per heavy atom. The van der Waals surface area contributed by atoms with Crippen molar-refractivity contribution in [3.8, 4) is 28.7 Å². The maximum atomic E-state index is 5.49. The summed E-state index contributed by atoms with van der Waals surface area (Å²) in [6.45, 7) is 4.94. The second-order valence-electron chi connectivity index (χ2n) is 7.35. The van der Waals surface area contributed by atoms with Crippen molar-refractivity contribution in [1.82, 2.24) is 10.2 Å². The fraction of sp³-hybridized carbons (Fsp3) is 0.458. The van der Waals surface area contributed by atoms with Crippen molar-refractivity contribution in [2.75, 3.05) is 48.6 Å². The van der Waals surface area contributed by atoms with Crippen LogP contribution in [0.4, 0.5) is 0 Å². The predicted octanol–water partition coefficient (Wildman–Crippen LogP) is 3.87. The summed E-state index contributed by atoms with van der Waals surface area (Å²) < 4.78 is 27.3. The van der Waals surface area contributed by atoms with Crippen LogP contribution in [-0.2, 0) is 19.5 Å². The Balaban J connectivity index is 0.00000385. The zero-order chi connectivity index (χ0) is 23.1. The first-order valence-corrected chi connectivity index (χ1v) is 10.6. The van der Waals surface area contributed by atoms with Crippen LogP contribution in [0.25, 0.3) is 0 Å². The highest BCUT2D eigenvalue weighted by molar-refractivity contribution is 14.0. The van der Waals surface area contributed by atoms with Gasteiger partial charge in [-0.1, -0.05) is 0 Å². The number of fused-ring (bicyclic) bond motifs is 1. The molecule has 0 atom stereocenters. The lowest BCUT2D eigenvalue weighted by atomic mass is 9.99. The number of guanidine groups is 1. The first kappa shape index (κ1) is 26.7. The summed E-state index contributed by atoms with van der Waals surface area (Å²) in [5.41, 5.74) is 3.46. The van der Waals surface area contributed by atoms with Gasteiger partial charge in [-0.3, -0.25) is 0 Å². The minimum absolute atomic E-state index is 0. The van der Waals surface area contributed by atoms with Gasteiger partial charge in [-0.05, 0) is 54.3 Å². The van der Waals surface area contributed by atoms with Crippen molar-refractivity contribution in [3.63, 3.8) is 0 Å². The van der Waals surface area contributed by atoms with Gasteiger partial charge >= 0.3 is 0 Å². The Hall–Kier alpha value is -2.56. The van der Waals surface area contributed by atoms with E-state index in [1.807, 2.05) is 12.1 Å². The van der Waals surface area contributed by atoms with Gasteiger partial charge in [0.25, 0.3) is 0 Å². The van der Waals surface area contributed by atoms with E-state index in [9.17, 15) is 0 Å². The number of rotatable bonds is 8. The molecule has 0 bridgehead atoms. The first-order valence-electron chi connectivity index (χ1n) is 10.6. The third-order valence-electron chi connectivity index (χ3n) is 5.49. The van der Waals surface area contributed by atoms with Crippen LogP contribution in [0.3, 0.4) is 0 Å². The Bertz CT molecular complexity index is 942. The lowest BCUT2D eigenvalue weighted by molar-refractivity contribution is 0.324. The van der Waals surface area contributed by atoms with E-state index in [0.717, 1.165) is 49.1 Å². The molecule has 2 aromatic rings. The zero-order valence-corrected chi connectivity index (χ0v) is 22.5. The molecule has 0 aliphatic carbocycles. The molecule has 0 amide bonds. The molecule has 1 aliphatic heterocycles. The van der Waals surface area contributed by atoms with Crippen molar-refractivity contribution in [3.05, 3.63) is 41.0 Å². The molecule has 1 aliphatic rings. The SMILES string of the molecule is CCNC(=NCc1cc(OC)c(OC)c(OC)c1)N1CCc2cc(OC)c(OC)cc2C1.I. The lowest BCUT2D eigenvalue weighted by Gasteiger charge is -2.32. The summed E-state index contributed by atoms with van der Waals surface area (Å²) in [6.07, 6.45) is 0.907. The number of hydrogen-bond donors (Lipinski definition) is 1. The Labute approximate surface area is 213 Å². The van der Waals surface area contributed by atoms with E-state index in [-0.39, 0.29) is 24.0 Å². The normalized spacial score (nSPS) is 12.9. The lowest BCUT2D eigenvalue weighted by Crippen LogP contribution is -2.44. The second-order valence-corrected chi connectivity index (χ2v) is 7.35. The first-order chi connectivity index (χ1) is 15.6. The molecule has 9 heteroatoms. The molecule has 0 saturated heterocycles. The van der Waals surface area contributed by atoms with Crippen LogP contribution >= 0.6 is 24.0 Å². The molecule has 0 spiro atoms. The summed E-state index contributed by atoms with van der Waals surface area (Å²) in [4.78, 5) is 7.15. The van der Waals surface area contributed by atoms with Gasteiger partial charge in [0.05, 0.1) is 42.1 Å². The average Bonchev–Trinajstić information content (AvgIpc) is 2.84. The molecule has 182 valence electrons. The van der Waals surface area contributed by atoms with Crippen molar-refractivity contribution in [1.29, 1.82) is 0 Å². The van der Waals surface area contributed by atoms with E-state index >= 15 is 0 Å². The van der Waals surface area contributed by atoms with Crippen LogP contribution in [-0.4, -0.2) is 59.5 Å². The third-order valence-corrected chi connectivity index (χ3v) is 5.49. The maximum absolute atomic E-state index is 5.49. The average molecular weight is 571 g/mol. The molecule has 0 saturated carbocycles. The van der Waals surface area contributed by atoms with Gasteiger partial charge in [0.2, 0.25) is 5.75 Å². The highest BCUT2D eigenvalue weighted by Crippen LogP contribution is 2.38. The predicted molar refractivity (Wildman–Crippen MR) is 140 cm³/mol. The number of ether oxygens (including phenoxy) is 5. The fourth-order valence-electron chi connectivity index (χ4n) is 3.88. The Morgan fingerprint density at radius 2 is 1.42 bits per heavy atom. The summed E-state index contributed by atoms with van der Waals surface area (Å²) in [5, 5.41) is 3.42. The fourth-order valence-corrected chi connectivity index (χ4v) is 3.88. The number of nitrogens with one attached hydrogen (secondary N) is 1. The Morgan fingerprint density at radius 1 is 0.848 bits per heavy atom. The minimum atomic E-state index is 0. The van der Waals surface area contributed by atoms with Gasteiger partial charge in [-0.2, -0.15) is 0 Å². The van der Waals surface area contributed by atoms with Gasteiger partial charge in [-0.15, -0.1) is 24.0 Å². The molecule has 0 fully saturated rings. The number of aliphatic imine (C=N–C) groups is 1. The van der Waals surface area contributed by atoms with Crippen LogP contribution < -0.4 is 29.0 Å². The standard InChI is InChI=1S/C24H33N3O5.HI/c1-7-25-24(26-14-16-10-21(30-4)23(32-6)22(11-16)31-5)27-9-8-17-12-19(28-2)20(29-3)13-18(17)15-27;/h10-13H,7-9,14-15H2,1-6H3,(H,25,26);1H. The molecule has 0 radical (unpaired) electrons. The van der Waals surface area contributed by atoms with Crippen molar-refractivity contribution in [2.24, 2.45) is 4.99 Å². The molecule has 8 nitrogen and oxygen atoms in total. The minimum Gasteiger partial charge on any atom is -0.493 e. The van der Waals surface area contributed by atoms with Crippen molar-refractivity contribution in [2.45, 2.75) is 26.4 Å². The molecular formula is C24H34IN3O5. The van der Waals surface area contributed by atoms with E-state index in [1.165, 1.54) is 11.1 Å². The molecule has 0 aromatic heterocycles. The number of benzene rings is 2. The summed E-state index contributed by atoms with van der Waals surface area (Å²) in [5.74, 6) is 4.19. The number of nitrogens with zero attached hydrogens (tertiary/aromatic N) is 2. The summed E-state index contributed by atoms with van der Waals surface area (Å²) in [6, 6.07) is 7.99. The van der Waals surface area contributed by atoms with Gasteiger partial charge in [0.15, 0.2) is 29.0 Å². The topological polar surface area (TPSA) is 73.8 Å². The number of hydrogen-bond acceptors (Lipinski definition) is 6. The number of halogens is 1. The van der Waals surface area contributed by atoms with Crippen molar-refractivity contribution < 1.29 is 23.7 Å². The van der Waals surface area contributed by atoms with E-state index < -0.39 is 0 Å². The van der Waals surface area contributed by atoms with E-state index in [2.05, 4.69) is 29.3 Å². The van der Waals surface area contributed by atoms with Crippen molar-refractivity contribution >= 4 is 29.9 Å². The van der Waals surface area contributed by atoms with Gasteiger partial charge in [0, 0.05) is 19.6 Å². The maximum Gasteiger partial charge on any atom is 0.203 e. The third kappa shape index (κ3) is 6.07. The monoisotopic (exact) mass is 571 g/mol. The molecule has 3 rings (SSSR count). The van der Waals surface area contributed by atoms with Crippen LogP contribution in [0.1, 0.15) is 23.6 Å². The largest absolute Gasteiger partial charge is 0.493 e. The molecule has 2 aromatic carbocycles. The van der Waals surface area contributed by atoms with E-state index in [1.54, 1.807) is 35.5 Å². The summed E-state index contributed by atoms with van der Waals surface area (Å²) in [7, 11) is 8.15. The van der Waals surface area contributed by atoms with Gasteiger partial charge < -0.3 is 33.9 Å². The Kier molecular flexibility index (Phi) is 10.2. The molecule has 1 heterocycles. The van der Waals surface area contributed by atoms with Crippen LogP contribution in [0, 0.1) is 0 Å². The van der Waals surface area contributed by atoms with Gasteiger partial charge in [0.1, 0.15) is 0 Å². The molecule has 1 N–H and O–H groups in total. The molecule has 0 unspecified atom stereocenters. The van der Waals surface area contributed by atoms with Crippen LogP contribution in [0.2, 0.25) is 0 Å². The van der Waals surface area contributed by atoms with E-state index in [4.69, 9.17) is 28.7 Å². The van der Waals surface area contributed by atoms with E-state index in [0.29, 0.717) is 23.8 Å².